The minimum atomic E-state index is 0.0201. The van der Waals surface area contributed by atoms with Crippen molar-refractivity contribution in [2.45, 2.75) is 64.8 Å². The second kappa shape index (κ2) is 7.93. The molecule has 1 aromatic carbocycles. The van der Waals surface area contributed by atoms with Crippen molar-refractivity contribution >= 4 is 17.6 Å². The largest absolute Gasteiger partial charge is 0.332 e. The minimum Gasteiger partial charge on any atom is -0.332 e. The van der Waals surface area contributed by atoms with E-state index in [1.165, 1.54) is 44.9 Å². The van der Waals surface area contributed by atoms with Crippen molar-refractivity contribution in [1.82, 2.24) is 14.9 Å². The number of fused-ring (bicyclic) bond motifs is 1. The molecule has 0 radical (unpaired) electrons. The highest BCUT2D eigenvalue weighted by molar-refractivity contribution is 5.94. The number of rotatable bonds is 4. The third kappa shape index (κ3) is 3.94. The molecule has 0 atom stereocenters. The first-order valence-electron chi connectivity index (χ1n) is 12.4. The molecule has 4 bridgehead atoms. The fourth-order valence-electron chi connectivity index (χ4n) is 7.54. The van der Waals surface area contributed by atoms with Gasteiger partial charge in [0.25, 0.3) is 5.91 Å². The van der Waals surface area contributed by atoms with Crippen LogP contribution in [0.25, 0.3) is 0 Å². The molecule has 1 N–H and O–H groups in total. The van der Waals surface area contributed by atoms with Crippen molar-refractivity contribution in [3.8, 4) is 0 Å². The lowest BCUT2D eigenvalue weighted by Gasteiger charge is -2.56. The highest BCUT2D eigenvalue weighted by Crippen LogP contribution is 2.61. The predicted octanol–water partition coefficient (Wildman–Crippen LogP) is 4.53. The lowest BCUT2D eigenvalue weighted by Crippen LogP contribution is -2.47. The molecule has 0 saturated heterocycles. The molecule has 0 unspecified atom stereocenters. The van der Waals surface area contributed by atoms with E-state index in [2.05, 4.69) is 15.3 Å². The Morgan fingerprint density at radius 1 is 1.03 bits per heavy atom. The van der Waals surface area contributed by atoms with Crippen molar-refractivity contribution in [2.24, 2.45) is 23.2 Å². The quantitative estimate of drug-likeness (QED) is 0.752. The lowest BCUT2D eigenvalue weighted by molar-refractivity contribution is -0.124. The molecule has 33 heavy (non-hydrogen) atoms. The number of aryl methyl sites for hydroxylation is 1. The van der Waals surface area contributed by atoms with Gasteiger partial charge in [0.15, 0.2) is 0 Å². The number of carbonyl (C=O) groups is 2. The third-order valence-electron chi connectivity index (χ3n) is 8.55. The zero-order chi connectivity index (χ0) is 22.6. The molecule has 6 heteroatoms. The summed E-state index contributed by atoms with van der Waals surface area (Å²) in [5, 5.41) is 3.13. The Labute approximate surface area is 195 Å². The highest BCUT2D eigenvalue weighted by atomic mass is 16.2. The van der Waals surface area contributed by atoms with Crippen LogP contribution in [0.15, 0.2) is 30.6 Å². The van der Waals surface area contributed by atoms with Crippen LogP contribution in [-0.4, -0.2) is 33.2 Å². The average Bonchev–Trinajstić information content (AvgIpc) is 2.77. The van der Waals surface area contributed by atoms with Gasteiger partial charge in [-0.25, -0.2) is 9.97 Å². The molecule has 6 nitrogen and oxygen atoms in total. The van der Waals surface area contributed by atoms with Crippen LogP contribution in [0.1, 0.15) is 72.1 Å². The monoisotopic (exact) mass is 444 g/mol. The summed E-state index contributed by atoms with van der Waals surface area (Å²) < 4.78 is 0. The molecule has 5 aliphatic rings. The molecule has 2 amide bonds. The molecule has 4 aliphatic carbocycles. The Kier molecular flexibility index (Phi) is 5.00. The molecule has 1 aliphatic heterocycles. The lowest BCUT2D eigenvalue weighted by atomic mass is 9.49. The third-order valence-corrected chi connectivity index (χ3v) is 8.55. The Bertz CT molecular complexity index is 1060. The van der Waals surface area contributed by atoms with E-state index in [1.807, 2.05) is 36.1 Å². The van der Waals surface area contributed by atoms with Crippen LogP contribution in [0.3, 0.4) is 0 Å². The second-order valence-corrected chi connectivity index (χ2v) is 11.1. The molecule has 4 saturated carbocycles. The maximum Gasteiger partial charge on any atom is 0.254 e. The van der Waals surface area contributed by atoms with Crippen molar-refractivity contribution < 1.29 is 9.59 Å². The summed E-state index contributed by atoms with van der Waals surface area (Å²) in [6, 6.07) is 7.68. The Hall–Kier alpha value is -2.76. The van der Waals surface area contributed by atoms with Crippen molar-refractivity contribution in [3.63, 3.8) is 0 Å². The number of hydrogen-bond acceptors (Lipinski definition) is 4. The number of nitrogens with one attached hydrogen (secondary N) is 1. The molecule has 2 heterocycles. The molecular formula is C27H32N4O2. The van der Waals surface area contributed by atoms with Crippen LogP contribution in [0, 0.1) is 30.1 Å². The standard InChI is InChI=1S/C27H32N4O2/c1-17-2-4-21(5-3-17)26(33)31-7-6-22-23(15-31)28-16-29-25(22)30-24(32)14-27-11-18-8-19(12-27)10-20(9-18)13-27/h2-5,16,18-20H,6-15H2,1H3,(H,28,29,30,32). The number of aromatic nitrogens is 2. The van der Waals surface area contributed by atoms with Crippen molar-refractivity contribution in [3.05, 3.63) is 53.0 Å². The number of benzene rings is 1. The summed E-state index contributed by atoms with van der Waals surface area (Å²) in [4.78, 5) is 36.8. The average molecular weight is 445 g/mol. The van der Waals surface area contributed by atoms with Gasteiger partial charge in [0.2, 0.25) is 5.91 Å². The van der Waals surface area contributed by atoms with Crippen LogP contribution in [0.4, 0.5) is 5.82 Å². The van der Waals surface area contributed by atoms with Crippen LogP contribution in [-0.2, 0) is 17.8 Å². The van der Waals surface area contributed by atoms with Crippen LogP contribution in [0.2, 0.25) is 0 Å². The van der Waals surface area contributed by atoms with Gasteiger partial charge in [0.05, 0.1) is 12.2 Å². The predicted molar refractivity (Wildman–Crippen MR) is 126 cm³/mol. The zero-order valence-electron chi connectivity index (χ0n) is 19.3. The van der Waals surface area contributed by atoms with E-state index in [0.29, 0.717) is 37.3 Å². The minimum absolute atomic E-state index is 0.0201. The first kappa shape index (κ1) is 20.8. The first-order chi connectivity index (χ1) is 16.0. The smallest absolute Gasteiger partial charge is 0.254 e. The van der Waals surface area contributed by atoms with Gasteiger partial charge >= 0.3 is 0 Å². The Balaban J connectivity index is 1.14. The van der Waals surface area contributed by atoms with Gasteiger partial charge in [-0.05, 0) is 87.2 Å². The van der Waals surface area contributed by atoms with Gasteiger partial charge in [0.1, 0.15) is 12.1 Å². The zero-order valence-corrected chi connectivity index (χ0v) is 19.3. The molecule has 2 aromatic rings. The topological polar surface area (TPSA) is 75.2 Å². The van der Waals surface area contributed by atoms with Crippen LogP contribution in [0.5, 0.6) is 0 Å². The fraction of sp³-hybridized carbons (Fsp3) is 0.556. The van der Waals surface area contributed by atoms with Crippen molar-refractivity contribution in [1.29, 1.82) is 0 Å². The van der Waals surface area contributed by atoms with Gasteiger partial charge in [-0.2, -0.15) is 0 Å². The summed E-state index contributed by atoms with van der Waals surface area (Å²) in [5.41, 5.74) is 3.86. The molecule has 172 valence electrons. The SMILES string of the molecule is Cc1ccc(C(=O)N2CCc3c(ncnc3NC(=O)CC34CC5CC(CC(C5)C3)C4)C2)cc1. The molecular weight excluding hydrogens is 412 g/mol. The van der Waals surface area contributed by atoms with E-state index >= 15 is 0 Å². The van der Waals surface area contributed by atoms with Gasteiger partial charge in [-0.1, -0.05) is 17.7 Å². The summed E-state index contributed by atoms with van der Waals surface area (Å²) >= 11 is 0. The summed E-state index contributed by atoms with van der Waals surface area (Å²) in [6.07, 6.45) is 10.6. The fourth-order valence-corrected chi connectivity index (χ4v) is 7.54. The van der Waals surface area contributed by atoms with Crippen LogP contribution < -0.4 is 5.32 Å². The summed E-state index contributed by atoms with van der Waals surface area (Å²) in [5.74, 6) is 3.27. The summed E-state index contributed by atoms with van der Waals surface area (Å²) in [6.45, 7) is 3.06. The van der Waals surface area contributed by atoms with Gasteiger partial charge < -0.3 is 10.2 Å². The molecule has 4 fully saturated rings. The van der Waals surface area contributed by atoms with E-state index in [4.69, 9.17) is 0 Å². The summed E-state index contributed by atoms with van der Waals surface area (Å²) in [7, 11) is 0. The maximum absolute atomic E-state index is 13.1. The number of anilines is 1. The normalized spacial score (nSPS) is 29.6. The number of hydrogen-bond donors (Lipinski definition) is 1. The van der Waals surface area contributed by atoms with Gasteiger partial charge in [-0.3, -0.25) is 9.59 Å². The van der Waals surface area contributed by atoms with E-state index in [9.17, 15) is 9.59 Å². The van der Waals surface area contributed by atoms with E-state index in [-0.39, 0.29) is 17.2 Å². The van der Waals surface area contributed by atoms with Crippen molar-refractivity contribution in [2.75, 3.05) is 11.9 Å². The number of carbonyl (C=O) groups excluding carboxylic acids is 2. The maximum atomic E-state index is 13.1. The van der Waals surface area contributed by atoms with E-state index < -0.39 is 0 Å². The van der Waals surface area contributed by atoms with Gasteiger partial charge in [-0.15, -0.1) is 0 Å². The molecule has 7 rings (SSSR count). The van der Waals surface area contributed by atoms with Crippen LogP contribution >= 0.6 is 0 Å². The van der Waals surface area contributed by atoms with Gasteiger partial charge in [0, 0.05) is 24.1 Å². The molecule has 0 spiro atoms. The Morgan fingerprint density at radius 3 is 2.36 bits per heavy atom. The number of amides is 2. The second-order valence-electron chi connectivity index (χ2n) is 11.1. The van der Waals surface area contributed by atoms with E-state index in [1.54, 1.807) is 0 Å². The molecule has 1 aromatic heterocycles. The number of nitrogens with zero attached hydrogens (tertiary/aromatic N) is 3. The highest BCUT2D eigenvalue weighted by Gasteiger charge is 2.51. The Morgan fingerprint density at radius 2 is 1.70 bits per heavy atom. The first-order valence-corrected chi connectivity index (χ1v) is 12.4. The van der Waals surface area contributed by atoms with E-state index in [0.717, 1.165) is 34.6 Å².